The van der Waals surface area contributed by atoms with Crippen LogP contribution in [0.5, 0.6) is 0 Å². The van der Waals surface area contributed by atoms with Gasteiger partial charge in [-0.25, -0.2) is 18.7 Å². The zero-order valence-electron chi connectivity index (χ0n) is 14.5. The van der Waals surface area contributed by atoms with Gasteiger partial charge in [-0.3, -0.25) is 0 Å². The molecule has 0 aliphatic heterocycles. The van der Waals surface area contributed by atoms with Crippen molar-refractivity contribution in [3.63, 3.8) is 0 Å². The summed E-state index contributed by atoms with van der Waals surface area (Å²) in [6.45, 7) is 0. The highest BCUT2D eigenvalue weighted by atomic mass is 79.9. The van der Waals surface area contributed by atoms with E-state index in [0.717, 1.165) is 27.7 Å². The highest BCUT2D eigenvalue weighted by Gasteiger charge is 2.10. The quantitative estimate of drug-likeness (QED) is 0.439. The molecule has 0 bridgehead atoms. The molecule has 3 N–H and O–H groups in total. The first-order chi connectivity index (χ1) is 13.5. The van der Waals surface area contributed by atoms with E-state index in [2.05, 4.69) is 25.9 Å². The minimum absolute atomic E-state index is 0.299. The summed E-state index contributed by atoms with van der Waals surface area (Å²) in [4.78, 5) is 8.39. The van der Waals surface area contributed by atoms with E-state index in [-0.39, 0.29) is 5.82 Å². The van der Waals surface area contributed by atoms with Crippen LogP contribution in [0.3, 0.4) is 0 Å². The third-order valence-corrected chi connectivity index (χ3v) is 5.69. The smallest absolute Gasteiger partial charge is 0.137 e. The van der Waals surface area contributed by atoms with E-state index in [4.69, 9.17) is 5.14 Å². The Morgan fingerprint density at radius 2 is 1.89 bits per heavy atom. The van der Waals surface area contributed by atoms with E-state index in [1.165, 1.54) is 6.07 Å². The van der Waals surface area contributed by atoms with Gasteiger partial charge in [-0.2, -0.15) is 0 Å². The molecule has 140 valence electrons. The Morgan fingerprint density at radius 3 is 2.68 bits per heavy atom. The first-order valence-electron chi connectivity index (χ1n) is 8.40. The zero-order chi connectivity index (χ0) is 19.7. The van der Waals surface area contributed by atoms with E-state index >= 15 is 0 Å². The largest absolute Gasteiger partial charge is 0.338 e. The highest BCUT2D eigenvalue weighted by molar-refractivity contribution is 9.10. The number of benzene rings is 3. The topological polar surface area (TPSA) is 71.8 Å². The number of hydrogen-bond acceptors (Lipinski definition) is 2. The fraction of sp³-hybridized carbons (Fsp3) is 0. The molecule has 4 rings (SSSR count). The predicted molar refractivity (Wildman–Crippen MR) is 115 cm³/mol. The summed E-state index contributed by atoms with van der Waals surface area (Å²) in [6, 6.07) is 18.0. The van der Waals surface area contributed by atoms with Crippen LogP contribution in [-0.2, 0) is 11.0 Å². The molecule has 28 heavy (non-hydrogen) atoms. The number of imidazole rings is 1. The SMILES string of the molecule is NS(=O)c1ccccc1-c1ccc2nc(/C=C/c3ccc(F)c(Br)c3)[nH]c2c1. The number of aromatic nitrogens is 2. The molecule has 7 heteroatoms. The average Bonchev–Trinajstić information content (AvgIpc) is 3.11. The van der Waals surface area contributed by atoms with Crippen LogP contribution >= 0.6 is 15.9 Å². The maximum absolute atomic E-state index is 13.3. The molecule has 0 aliphatic carbocycles. The Hall–Kier alpha value is -2.61. The molecule has 0 saturated carbocycles. The summed E-state index contributed by atoms with van der Waals surface area (Å²) in [6.07, 6.45) is 3.69. The molecular weight excluding hydrogens is 441 g/mol. The van der Waals surface area contributed by atoms with Gasteiger partial charge in [-0.1, -0.05) is 36.4 Å². The lowest BCUT2D eigenvalue weighted by Gasteiger charge is -2.06. The van der Waals surface area contributed by atoms with E-state index in [1.807, 2.05) is 48.6 Å². The maximum Gasteiger partial charge on any atom is 0.137 e. The third kappa shape index (κ3) is 3.82. The van der Waals surface area contributed by atoms with Crippen molar-refractivity contribution in [2.75, 3.05) is 0 Å². The Bertz CT molecular complexity index is 1240. The van der Waals surface area contributed by atoms with Crippen LogP contribution in [0.4, 0.5) is 4.39 Å². The monoisotopic (exact) mass is 455 g/mol. The molecule has 1 aromatic heterocycles. The van der Waals surface area contributed by atoms with Crippen LogP contribution in [0.25, 0.3) is 34.3 Å². The van der Waals surface area contributed by atoms with Crippen LogP contribution in [0.2, 0.25) is 0 Å². The van der Waals surface area contributed by atoms with Crippen molar-refractivity contribution in [3.05, 3.63) is 82.3 Å². The summed E-state index contributed by atoms with van der Waals surface area (Å²) in [5.41, 5.74) is 4.26. The molecule has 0 spiro atoms. The van der Waals surface area contributed by atoms with E-state index in [9.17, 15) is 8.60 Å². The molecule has 0 amide bonds. The maximum atomic E-state index is 13.3. The van der Waals surface area contributed by atoms with Gasteiger partial charge in [0.2, 0.25) is 0 Å². The molecule has 0 radical (unpaired) electrons. The minimum atomic E-state index is -1.57. The van der Waals surface area contributed by atoms with Gasteiger partial charge in [0.25, 0.3) is 0 Å². The summed E-state index contributed by atoms with van der Waals surface area (Å²) in [7, 11) is -1.57. The van der Waals surface area contributed by atoms with E-state index in [0.29, 0.717) is 15.2 Å². The van der Waals surface area contributed by atoms with Gasteiger partial charge in [-0.05, 0) is 69.0 Å². The highest BCUT2D eigenvalue weighted by Crippen LogP contribution is 2.28. The Morgan fingerprint density at radius 1 is 1.07 bits per heavy atom. The fourth-order valence-corrected chi connectivity index (χ4v) is 3.96. The van der Waals surface area contributed by atoms with Gasteiger partial charge in [0.1, 0.15) is 22.6 Å². The van der Waals surface area contributed by atoms with Crippen molar-refractivity contribution in [1.29, 1.82) is 0 Å². The molecule has 0 aliphatic rings. The third-order valence-electron chi connectivity index (χ3n) is 4.29. The average molecular weight is 456 g/mol. The van der Waals surface area contributed by atoms with Crippen molar-refractivity contribution < 1.29 is 8.60 Å². The van der Waals surface area contributed by atoms with Gasteiger partial charge < -0.3 is 4.98 Å². The molecule has 1 unspecified atom stereocenters. The zero-order valence-corrected chi connectivity index (χ0v) is 16.9. The molecule has 4 nitrogen and oxygen atoms in total. The number of nitrogens with zero attached hydrogens (tertiary/aromatic N) is 1. The number of halogens is 2. The van der Waals surface area contributed by atoms with Gasteiger partial charge in [0.05, 0.1) is 20.4 Å². The van der Waals surface area contributed by atoms with Crippen LogP contribution in [-0.4, -0.2) is 14.2 Å². The normalized spacial score (nSPS) is 12.7. The van der Waals surface area contributed by atoms with Crippen LogP contribution in [0.1, 0.15) is 11.4 Å². The number of nitrogens with two attached hydrogens (primary N) is 1. The number of nitrogens with one attached hydrogen (secondary N) is 1. The van der Waals surface area contributed by atoms with Gasteiger partial charge in [-0.15, -0.1) is 0 Å². The minimum Gasteiger partial charge on any atom is -0.338 e. The number of hydrogen-bond donors (Lipinski definition) is 2. The second kappa shape index (κ2) is 7.79. The Balaban J connectivity index is 1.68. The second-order valence-electron chi connectivity index (χ2n) is 6.15. The molecule has 0 saturated heterocycles. The van der Waals surface area contributed by atoms with Gasteiger partial charge in [0.15, 0.2) is 0 Å². The molecule has 1 heterocycles. The predicted octanol–water partition coefficient (Wildman–Crippen LogP) is 5.28. The molecule has 0 fully saturated rings. The molecule has 4 aromatic rings. The van der Waals surface area contributed by atoms with Crippen molar-refractivity contribution in [1.82, 2.24) is 9.97 Å². The fourth-order valence-electron chi connectivity index (χ4n) is 2.95. The van der Waals surface area contributed by atoms with E-state index < -0.39 is 11.0 Å². The lowest BCUT2D eigenvalue weighted by Crippen LogP contribution is -2.04. The Kier molecular flexibility index (Phi) is 5.21. The number of rotatable bonds is 4. The summed E-state index contributed by atoms with van der Waals surface area (Å²) >= 11 is 3.18. The van der Waals surface area contributed by atoms with Gasteiger partial charge in [0, 0.05) is 0 Å². The van der Waals surface area contributed by atoms with Gasteiger partial charge >= 0.3 is 0 Å². The first-order valence-corrected chi connectivity index (χ1v) is 10.4. The molecule has 1 atom stereocenters. The van der Waals surface area contributed by atoms with Crippen molar-refractivity contribution in [2.24, 2.45) is 5.14 Å². The first kappa shape index (κ1) is 18.7. The van der Waals surface area contributed by atoms with Crippen LogP contribution in [0.15, 0.2) is 70.0 Å². The van der Waals surface area contributed by atoms with Crippen molar-refractivity contribution in [2.45, 2.75) is 4.90 Å². The number of fused-ring (bicyclic) bond motifs is 1. The van der Waals surface area contributed by atoms with E-state index in [1.54, 1.807) is 18.2 Å². The van der Waals surface area contributed by atoms with Crippen LogP contribution < -0.4 is 5.14 Å². The summed E-state index contributed by atoms with van der Waals surface area (Å²) < 4.78 is 25.6. The summed E-state index contributed by atoms with van der Waals surface area (Å²) in [5, 5.41) is 5.60. The molecular formula is C21H15BrFN3OS. The summed E-state index contributed by atoms with van der Waals surface area (Å²) in [5.74, 6) is 0.385. The number of aromatic amines is 1. The van der Waals surface area contributed by atoms with Crippen molar-refractivity contribution >= 4 is 50.1 Å². The standard InChI is InChI=1S/C21H15BrFN3OS/c22-16-11-13(5-8-17(16)23)6-10-21-25-18-9-7-14(12-19(18)26-21)15-3-1-2-4-20(15)28(24)27/h1-12H,24H2,(H,25,26)/b10-6+. The molecule has 3 aromatic carbocycles. The lowest BCUT2D eigenvalue weighted by atomic mass is 10.1. The Labute approximate surface area is 172 Å². The van der Waals surface area contributed by atoms with Crippen molar-refractivity contribution in [3.8, 4) is 11.1 Å². The second-order valence-corrected chi connectivity index (χ2v) is 8.04. The number of H-pyrrole nitrogens is 1. The van der Waals surface area contributed by atoms with Crippen LogP contribution in [0, 0.1) is 5.82 Å². The lowest BCUT2D eigenvalue weighted by molar-refractivity contribution is 0.621.